The summed E-state index contributed by atoms with van der Waals surface area (Å²) >= 11 is 0. The second kappa shape index (κ2) is 12.9. The molecule has 7 nitrogen and oxygen atoms in total. The SMILES string of the molecule is C=C(CCC)N(C=O)OC(=O)CCC(C)OCCC(C)(C)OCCN. The molecule has 0 spiro atoms. The molecule has 1 atom stereocenters. The molecule has 0 rings (SSSR count). The van der Waals surface area contributed by atoms with Crippen molar-refractivity contribution in [1.82, 2.24) is 5.06 Å². The average Bonchev–Trinajstić information content (AvgIpc) is 2.56. The first-order valence-corrected chi connectivity index (χ1v) is 8.84. The Balaban J connectivity index is 4.04. The third-order valence-corrected chi connectivity index (χ3v) is 3.62. The van der Waals surface area contributed by atoms with E-state index >= 15 is 0 Å². The van der Waals surface area contributed by atoms with Crippen LogP contribution < -0.4 is 5.73 Å². The van der Waals surface area contributed by atoms with Gasteiger partial charge in [0.15, 0.2) is 0 Å². The molecule has 0 saturated carbocycles. The van der Waals surface area contributed by atoms with Gasteiger partial charge >= 0.3 is 5.97 Å². The molecule has 7 heteroatoms. The average molecular weight is 358 g/mol. The molecule has 0 aromatic heterocycles. The summed E-state index contributed by atoms with van der Waals surface area (Å²) in [7, 11) is 0. The molecule has 1 amide bonds. The zero-order valence-corrected chi connectivity index (χ0v) is 16.1. The van der Waals surface area contributed by atoms with Gasteiger partial charge in [-0.1, -0.05) is 19.9 Å². The van der Waals surface area contributed by atoms with Gasteiger partial charge in [-0.2, -0.15) is 0 Å². The third kappa shape index (κ3) is 11.7. The summed E-state index contributed by atoms with van der Waals surface area (Å²) in [6, 6.07) is 0. The van der Waals surface area contributed by atoms with Gasteiger partial charge in [0, 0.05) is 13.2 Å². The van der Waals surface area contributed by atoms with Gasteiger partial charge in [0.2, 0.25) is 6.41 Å². The molecule has 0 aliphatic carbocycles. The number of hydrogen-bond acceptors (Lipinski definition) is 6. The van der Waals surface area contributed by atoms with Crippen LogP contribution in [-0.2, 0) is 23.9 Å². The molecule has 0 aliphatic rings. The number of carbonyl (C=O) groups is 2. The number of rotatable bonds is 15. The van der Waals surface area contributed by atoms with Gasteiger partial charge in [-0.05, 0) is 40.0 Å². The number of nitrogens with two attached hydrogens (primary N) is 1. The third-order valence-electron chi connectivity index (χ3n) is 3.62. The lowest BCUT2D eigenvalue weighted by atomic mass is 10.1. The van der Waals surface area contributed by atoms with Crippen molar-refractivity contribution < 1.29 is 23.9 Å². The second-order valence-corrected chi connectivity index (χ2v) is 6.58. The molecule has 0 saturated heterocycles. The van der Waals surface area contributed by atoms with E-state index in [0.29, 0.717) is 44.7 Å². The second-order valence-electron chi connectivity index (χ2n) is 6.58. The van der Waals surface area contributed by atoms with Crippen LogP contribution in [0.4, 0.5) is 0 Å². The summed E-state index contributed by atoms with van der Waals surface area (Å²) in [4.78, 5) is 27.8. The van der Waals surface area contributed by atoms with Crippen LogP contribution in [0.3, 0.4) is 0 Å². The highest BCUT2D eigenvalue weighted by atomic mass is 16.7. The van der Waals surface area contributed by atoms with Crippen LogP contribution in [0.15, 0.2) is 12.3 Å². The van der Waals surface area contributed by atoms with Gasteiger partial charge in [0.25, 0.3) is 0 Å². The first-order valence-electron chi connectivity index (χ1n) is 8.84. The van der Waals surface area contributed by atoms with Crippen molar-refractivity contribution in [1.29, 1.82) is 0 Å². The Labute approximate surface area is 151 Å². The van der Waals surface area contributed by atoms with Crippen molar-refractivity contribution in [3.63, 3.8) is 0 Å². The Morgan fingerprint density at radius 2 is 2.00 bits per heavy atom. The van der Waals surface area contributed by atoms with Crippen LogP contribution in [0.1, 0.15) is 59.8 Å². The molecule has 0 bridgehead atoms. The molecule has 0 aliphatic heterocycles. The fourth-order valence-electron chi connectivity index (χ4n) is 2.03. The quantitative estimate of drug-likeness (QED) is 0.357. The number of ether oxygens (including phenoxy) is 2. The summed E-state index contributed by atoms with van der Waals surface area (Å²) in [5, 5.41) is 0.897. The summed E-state index contributed by atoms with van der Waals surface area (Å²) in [6.45, 7) is 13.1. The van der Waals surface area contributed by atoms with Crippen molar-refractivity contribution in [2.75, 3.05) is 19.8 Å². The van der Waals surface area contributed by atoms with E-state index in [1.807, 2.05) is 27.7 Å². The maximum absolute atomic E-state index is 11.8. The van der Waals surface area contributed by atoms with E-state index in [9.17, 15) is 9.59 Å². The maximum atomic E-state index is 11.8. The molecule has 0 aromatic rings. The zero-order chi connectivity index (χ0) is 19.3. The normalized spacial score (nSPS) is 12.5. The Morgan fingerprint density at radius 1 is 1.32 bits per heavy atom. The summed E-state index contributed by atoms with van der Waals surface area (Å²) in [5.74, 6) is -0.480. The van der Waals surface area contributed by atoms with Crippen molar-refractivity contribution >= 4 is 12.4 Å². The Morgan fingerprint density at radius 3 is 2.56 bits per heavy atom. The lowest BCUT2D eigenvalue weighted by Gasteiger charge is -2.25. The van der Waals surface area contributed by atoms with Crippen LogP contribution >= 0.6 is 0 Å². The molecule has 1 unspecified atom stereocenters. The molecule has 25 heavy (non-hydrogen) atoms. The number of hydrogen-bond donors (Lipinski definition) is 1. The number of allylic oxidation sites excluding steroid dienone is 1. The van der Waals surface area contributed by atoms with Gasteiger partial charge in [-0.3, -0.25) is 4.79 Å². The molecule has 2 N–H and O–H groups in total. The summed E-state index contributed by atoms with van der Waals surface area (Å²) < 4.78 is 11.3. The van der Waals surface area contributed by atoms with Crippen LogP contribution in [-0.4, -0.2) is 48.9 Å². The number of hydroxylamine groups is 2. The van der Waals surface area contributed by atoms with Crippen LogP contribution in [0.5, 0.6) is 0 Å². The highest BCUT2D eigenvalue weighted by Gasteiger charge is 2.19. The lowest BCUT2D eigenvalue weighted by molar-refractivity contribution is -0.184. The molecule has 0 radical (unpaired) electrons. The van der Waals surface area contributed by atoms with Crippen LogP contribution in [0.2, 0.25) is 0 Å². The topological polar surface area (TPSA) is 91.1 Å². The minimum Gasteiger partial charge on any atom is -0.378 e. The van der Waals surface area contributed by atoms with Crippen LogP contribution in [0.25, 0.3) is 0 Å². The number of carbonyl (C=O) groups excluding carboxylic acids is 2. The fourth-order valence-corrected chi connectivity index (χ4v) is 2.03. The van der Waals surface area contributed by atoms with E-state index in [1.165, 1.54) is 0 Å². The zero-order valence-electron chi connectivity index (χ0n) is 16.1. The van der Waals surface area contributed by atoms with Gasteiger partial charge in [-0.15, -0.1) is 5.06 Å². The van der Waals surface area contributed by atoms with E-state index in [2.05, 4.69) is 6.58 Å². The minimum absolute atomic E-state index is 0.0959. The highest BCUT2D eigenvalue weighted by Crippen LogP contribution is 2.15. The van der Waals surface area contributed by atoms with E-state index < -0.39 is 5.97 Å². The van der Waals surface area contributed by atoms with E-state index in [-0.39, 0.29) is 18.1 Å². The van der Waals surface area contributed by atoms with Gasteiger partial charge in [0.05, 0.1) is 30.4 Å². The summed E-state index contributed by atoms with van der Waals surface area (Å²) in [6.07, 6.45) is 3.18. The van der Waals surface area contributed by atoms with Gasteiger partial charge in [-0.25, -0.2) is 4.79 Å². The Hall–Kier alpha value is -1.44. The Kier molecular flexibility index (Phi) is 12.1. The van der Waals surface area contributed by atoms with Crippen molar-refractivity contribution in [3.8, 4) is 0 Å². The smallest absolute Gasteiger partial charge is 0.333 e. The predicted molar refractivity (Wildman–Crippen MR) is 96.4 cm³/mol. The van der Waals surface area contributed by atoms with E-state index in [0.717, 1.165) is 17.9 Å². The first-order chi connectivity index (χ1) is 11.8. The molecular formula is C18H34N2O5. The predicted octanol–water partition coefficient (Wildman–Crippen LogP) is 2.55. The lowest BCUT2D eigenvalue weighted by Crippen LogP contribution is -2.30. The van der Waals surface area contributed by atoms with Crippen LogP contribution in [0, 0.1) is 0 Å². The Bertz CT molecular complexity index is 412. The molecule has 0 fully saturated rings. The molecule has 146 valence electrons. The first kappa shape index (κ1) is 23.6. The monoisotopic (exact) mass is 358 g/mol. The molecule has 0 aromatic carbocycles. The minimum atomic E-state index is -0.480. The molecule has 0 heterocycles. The fraction of sp³-hybridized carbons (Fsp3) is 0.778. The largest absolute Gasteiger partial charge is 0.378 e. The van der Waals surface area contributed by atoms with Gasteiger partial charge in [0.1, 0.15) is 0 Å². The maximum Gasteiger partial charge on any atom is 0.333 e. The standard InChI is InChI=1S/C18H34N2O5/c1-6-7-15(2)20(14-21)25-17(22)9-8-16(3)23-12-10-18(4,5)24-13-11-19/h14,16H,2,6-13,19H2,1,3-5H3. The van der Waals surface area contributed by atoms with E-state index in [1.54, 1.807) is 0 Å². The van der Waals surface area contributed by atoms with Gasteiger partial charge < -0.3 is 20.0 Å². The number of amides is 1. The van der Waals surface area contributed by atoms with E-state index in [4.69, 9.17) is 20.0 Å². The van der Waals surface area contributed by atoms with Crippen molar-refractivity contribution in [2.24, 2.45) is 5.73 Å². The summed E-state index contributed by atoms with van der Waals surface area (Å²) in [5.41, 5.74) is 5.61. The number of nitrogens with zero attached hydrogens (tertiary/aromatic N) is 1. The molecular weight excluding hydrogens is 324 g/mol. The highest BCUT2D eigenvalue weighted by molar-refractivity contribution is 5.70. The van der Waals surface area contributed by atoms with Crippen molar-refractivity contribution in [2.45, 2.75) is 71.5 Å². The van der Waals surface area contributed by atoms with Crippen molar-refractivity contribution in [3.05, 3.63) is 12.3 Å².